The molecule has 0 aromatic heterocycles. The van der Waals surface area contributed by atoms with Crippen molar-refractivity contribution in [2.45, 2.75) is 6.29 Å². The van der Waals surface area contributed by atoms with Gasteiger partial charge in [-0.2, -0.15) is 0 Å². The minimum Gasteiger partial charge on any atom is -0.455 e. The fraction of sp³-hybridized carbons (Fsp3) is 0.208. The van der Waals surface area contributed by atoms with Crippen LogP contribution in [0.25, 0.3) is 11.1 Å². The number of fused-ring (bicyclic) bond motifs is 3. The molecule has 0 unspecified atom stereocenters. The largest absolute Gasteiger partial charge is 0.455 e. The maximum atomic E-state index is 12.9. The van der Waals surface area contributed by atoms with Gasteiger partial charge >= 0.3 is 11.9 Å². The number of carbonyl (C=O) groups is 3. The van der Waals surface area contributed by atoms with Crippen molar-refractivity contribution in [1.82, 2.24) is 0 Å². The normalized spacial score (nSPS) is 27.0. The fourth-order valence-corrected chi connectivity index (χ4v) is 4.79. The van der Waals surface area contributed by atoms with Gasteiger partial charge in [-0.1, -0.05) is 48.6 Å². The monoisotopic (exact) mass is 400 g/mol. The Kier molecular flexibility index (Phi) is 3.53. The number of allylic oxidation sites excluding steroid dienone is 1. The number of carbonyl (C=O) groups excluding carboxylic acids is 3. The predicted molar refractivity (Wildman–Crippen MR) is 104 cm³/mol. The van der Waals surface area contributed by atoms with Gasteiger partial charge in [-0.25, -0.2) is 4.79 Å². The van der Waals surface area contributed by atoms with Gasteiger partial charge in [-0.05, 0) is 17.7 Å². The smallest absolute Gasteiger partial charge is 0.339 e. The average Bonchev–Trinajstić information content (AvgIpc) is 3.26. The molecule has 2 aliphatic heterocycles. The molecular formula is C24H16O6. The van der Waals surface area contributed by atoms with Crippen LogP contribution < -0.4 is 0 Å². The molecule has 0 saturated carbocycles. The maximum absolute atomic E-state index is 12.9. The van der Waals surface area contributed by atoms with E-state index >= 15 is 0 Å². The second kappa shape index (κ2) is 6.16. The van der Waals surface area contributed by atoms with Crippen molar-refractivity contribution >= 4 is 17.7 Å². The van der Waals surface area contributed by atoms with Crippen LogP contribution in [-0.4, -0.2) is 30.6 Å². The molecule has 2 aromatic carbocycles. The summed E-state index contributed by atoms with van der Waals surface area (Å²) in [5.41, 5.74) is 2.78. The SMILES string of the molecule is O=C(OCC1=C[C@H]2[C@@H]3C=C[C@H]2C(=O)O[C@@H]3O1)c1cccc2c1-c1ccccc1C2=O. The highest BCUT2D eigenvalue weighted by Crippen LogP contribution is 2.45. The molecule has 6 nitrogen and oxygen atoms in total. The van der Waals surface area contributed by atoms with Crippen molar-refractivity contribution < 1.29 is 28.6 Å². The summed E-state index contributed by atoms with van der Waals surface area (Å²) >= 11 is 0. The van der Waals surface area contributed by atoms with Crippen LogP contribution in [0.3, 0.4) is 0 Å². The molecule has 6 heteroatoms. The number of esters is 2. The van der Waals surface area contributed by atoms with E-state index in [0.29, 0.717) is 28.0 Å². The topological polar surface area (TPSA) is 78.9 Å². The second-order valence-electron chi connectivity index (χ2n) is 7.80. The minimum atomic E-state index is -0.679. The van der Waals surface area contributed by atoms with E-state index in [1.54, 1.807) is 30.3 Å². The van der Waals surface area contributed by atoms with Crippen LogP contribution >= 0.6 is 0 Å². The van der Waals surface area contributed by atoms with Gasteiger partial charge in [0.25, 0.3) is 6.29 Å². The zero-order valence-electron chi connectivity index (χ0n) is 15.7. The van der Waals surface area contributed by atoms with Gasteiger partial charge in [0, 0.05) is 22.6 Å². The average molecular weight is 400 g/mol. The Hall–Kier alpha value is -3.67. The summed E-state index contributed by atoms with van der Waals surface area (Å²) in [4.78, 5) is 37.5. The summed E-state index contributed by atoms with van der Waals surface area (Å²) < 4.78 is 16.6. The third kappa shape index (κ3) is 2.33. The first-order valence-corrected chi connectivity index (χ1v) is 9.82. The summed E-state index contributed by atoms with van der Waals surface area (Å²) in [5.74, 6) is -0.761. The number of ketones is 1. The maximum Gasteiger partial charge on any atom is 0.339 e. The Morgan fingerprint density at radius 2 is 1.70 bits per heavy atom. The van der Waals surface area contributed by atoms with E-state index in [4.69, 9.17) is 14.2 Å². The number of hydrogen-bond donors (Lipinski definition) is 0. The molecule has 1 saturated heterocycles. The highest BCUT2D eigenvalue weighted by Gasteiger charge is 2.50. The van der Waals surface area contributed by atoms with E-state index in [2.05, 4.69) is 0 Å². The van der Waals surface area contributed by atoms with Gasteiger partial charge in [0.15, 0.2) is 5.78 Å². The summed E-state index contributed by atoms with van der Waals surface area (Å²) in [7, 11) is 0. The third-order valence-electron chi connectivity index (χ3n) is 6.18. The fourth-order valence-electron chi connectivity index (χ4n) is 4.79. The van der Waals surface area contributed by atoms with Crippen LogP contribution in [0.1, 0.15) is 26.3 Å². The molecule has 0 radical (unpaired) electrons. The van der Waals surface area contributed by atoms with Gasteiger partial charge in [-0.3, -0.25) is 9.59 Å². The molecule has 30 heavy (non-hydrogen) atoms. The van der Waals surface area contributed by atoms with E-state index in [0.717, 1.165) is 5.56 Å². The second-order valence-corrected chi connectivity index (χ2v) is 7.80. The Morgan fingerprint density at radius 3 is 2.57 bits per heavy atom. The van der Waals surface area contributed by atoms with Gasteiger partial charge < -0.3 is 14.2 Å². The minimum absolute atomic E-state index is 0.00654. The summed E-state index contributed by atoms with van der Waals surface area (Å²) in [6.45, 7) is -0.0674. The molecule has 0 amide bonds. The van der Waals surface area contributed by atoms with Gasteiger partial charge in [0.05, 0.1) is 17.4 Å². The van der Waals surface area contributed by atoms with Crippen LogP contribution in [0.2, 0.25) is 0 Å². The number of rotatable bonds is 3. The summed E-state index contributed by atoms with van der Waals surface area (Å²) in [6, 6.07) is 12.3. The van der Waals surface area contributed by atoms with Crippen LogP contribution in [0.5, 0.6) is 0 Å². The zero-order chi connectivity index (χ0) is 20.4. The highest BCUT2D eigenvalue weighted by molar-refractivity contribution is 6.24. The standard InChI is InChI=1S/C24H16O6/c25-21-14-5-2-1-4-13(14)20-17(21)6-3-7-18(20)22(26)28-11-12-10-19-15-8-9-16(19)24(29-12)30-23(15)27/h1-10,15-16,19,24H,11H2/t15-,16+,19-,24+/m1/s1. The first-order chi connectivity index (χ1) is 14.6. The lowest BCUT2D eigenvalue weighted by Crippen LogP contribution is -2.44. The molecule has 1 fully saturated rings. The molecule has 4 aliphatic rings. The number of benzene rings is 2. The van der Waals surface area contributed by atoms with Gasteiger partial charge in [0.1, 0.15) is 12.4 Å². The lowest BCUT2D eigenvalue weighted by molar-refractivity contribution is -0.204. The van der Waals surface area contributed by atoms with E-state index in [1.165, 1.54) is 0 Å². The molecule has 2 heterocycles. The van der Waals surface area contributed by atoms with Gasteiger partial charge in [-0.15, -0.1) is 0 Å². The van der Waals surface area contributed by atoms with Crippen LogP contribution in [0.4, 0.5) is 0 Å². The summed E-state index contributed by atoms with van der Waals surface area (Å²) in [6.07, 6.45) is 4.98. The van der Waals surface area contributed by atoms with Crippen LogP contribution in [0.15, 0.2) is 66.5 Å². The Bertz CT molecular complexity index is 1190. The number of ether oxygens (including phenoxy) is 3. The van der Waals surface area contributed by atoms with Crippen molar-refractivity contribution in [2.75, 3.05) is 6.61 Å². The van der Waals surface area contributed by atoms with Crippen molar-refractivity contribution in [3.8, 4) is 11.1 Å². The Labute approximate surface area is 171 Å². The lowest BCUT2D eigenvalue weighted by Gasteiger charge is -2.38. The molecule has 148 valence electrons. The molecule has 4 atom stereocenters. The van der Waals surface area contributed by atoms with E-state index in [9.17, 15) is 14.4 Å². The summed E-state index contributed by atoms with van der Waals surface area (Å²) in [5, 5.41) is 0. The number of hydrogen-bond acceptors (Lipinski definition) is 6. The van der Waals surface area contributed by atoms with E-state index in [1.807, 2.05) is 30.4 Å². The Balaban J connectivity index is 1.26. The molecule has 6 rings (SSSR count). The zero-order valence-corrected chi connectivity index (χ0v) is 15.7. The molecule has 0 spiro atoms. The van der Waals surface area contributed by atoms with Crippen LogP contribution in [-0.2, 0) is 19.0 Å². The van der Waals surface area contributed by atoms with Crippen molar-refractivity contribution in [3.63, 3.8) is 0 Å². The lowest BCUT2D eigenvalue weighted by atomic mass is 9.83. The molecule has 2 aromatic rings. The van der Waals surface area contributed by atoms with Crippen molar-refractivity contribution in [2.24, 2.45) is 17.8 Å². The third-order valence-corrected chi connectivity index (χ3v) is 6.18. The van der Waals surface area contributed by atoms with Crippen LogP contribution in [0, 0.1) is 17.8 Å². The Morgan fingerprint density at radius 1 is 0.900 bits per heavy atom. The van der Waals surface area contributed by atoms with Gasteiger partial charge in [0.2, 0.25) is 0 Å². The molecule has 2 aliphatic carbocycles. The predicted octanol–water partition coefficient (Wildman–Crippen LogP) is 3.27. The van der Waals surface area contributed by atoms with Crippen molar-refractivity contribution in [3.05, 3.63) is 83.1 Å². The van der Waals surface area contributed by atoms with E-state index < -0.39 is 12.3 Å². The van der Waals surface area contributed by atoms with Crippen molar-refractivity contribution in [1.29, 1.82) is 0 Å². The quantitative estimate of drug-likeness (QED) is 0.496. The first kappa shape index (κ1) is 17.2. The molecular weight excluding hydrogens is 384 g/mol. The first-order valence-electron chi connectivity index (χ1n) is 9.82. The molecule has 4 bridgehead atoms. The highest BCUT2D eigenvalue weighted by atomic mass is 16.7. The molecule has 0 N–H and O–H groups in total. The van der Waals surface area contributed by atoms with E-state index in [-0.39, 0.29) is 36.1 Å².